The van der Waals surface area contributed by atoms with Gasteiger partial charge >= 0.3 is 6.11 Å². The van der Waals surface area contributed by atoms with Crippen LogP contribution >= 0.6 is 0 Å². The molecule has 9 nitrogen and oxygen atoms in total. The molecule has 11 heteroatoms. The van der Waals surface area contributed by atoms with Crippen LogP contribution in [0.5, 0.6) is 5.75 Å². The highest BCUT2D eigenvalue weighted by atomic mass is 19.3. The number of hydrogen-bond donors (Lipinski definition) is 4. The Morgan fingerprint density at radius 1 is 1.15 bits per heavy atom. The third-order valence-electron chi connectivity index (χ3n) is 5.12. The van der Waals surface area contributed by atoms with Gasteiger partial charge in [-0.15, -0.1) is 0 Å². The number of nitrogens with two attached hydrogens (primary N) is 3. The summed E-state index contributed by atoms with van der Waals surface area (Å²) in [6.45, 7) is -0.113. The average Bonchev–Trinajstić information content (AvgIpc) is 3.15. The van der Waals surface area contributed by atoms with Gasteiger partial charge in [0.05, 0.1) is 37.4 Å². The molecule has 1 saturated heterocycles. The molecule has 1 fully saturated rings. The summed E-state index contributed by atoms with van der Waals surface area (Å²) in [5.74, 6) is -1.14. The van der Waals surface area contributed by atoms with Crippen molar-refractivity contribution >= 4 is 23.3 Å². The maximum absolute atomic E-state index is 13.2. The Balaban J connectivity index is 1.73. The van der Waals surface area contributed by atoms with Crippen LogP contribution in [-0.4, -0.2) is 43.5 Å². The lowest BCUT2D eigenvalue weighted by atomic mass is 10.0. The van der Waals surface area contributed by atoms with Crippen LogP contribution in [0.25, 0.3) is 5.70 Å². The van der Waals surface area contributed by atoms with Crippen molar-refractivity contribution in [2.45, 2.75) is 25.1 Å². The van der Waals surface area contributed by atoms with Crippen LogP contribution in [0.3, 0.4) is 0 Å². The highest BCUT2D eigenvalue weighted by Gasteiger charge is 2.41. The number of carbonyl (C=O) groups is 2. The van der Waals surface area contributed by atoms with Crippen LogP contribution in [0.2, 0.25) is 0 Å². The number of methoxy groups -OCH3 is 1. The molecule has 0 radical (unpaired) electrons. The van der Waals surface area contributed by atoms with Crippen LogP contribution in [-0.2, 0) is 16.1 Å². The number of hydrogen-bond acceptors (Lipinski definition) is 6. The fourth-order valence-corrected chi connectivity index (χ4v) is 3.41. The number of amidine groups is 1. The number of benzene rings is 2. The van der Waals surface area contributed by atoms with E-state index in [1.165, 1.54) is 7.11 Å². The molecule has 1 unspecified atom stereocenters. The van der Waals surface area contributed by atoms with Crippen molar-refractivity contribution < 1.29 is 27.8 Å². The number of amides is 2. The van der Waals surface area contributed by atoms with Gasteiger partial charge in [0.15, 0.2) is 0 Å². The summed E-state index contributed by atoms with van der Waals surface area (Å²) < 4.78 is 36.0. The van der Waals surface area contributed by atoms with E-state index in [2.05, 4.69) is 15.0 Å². The van der Waals surface area contributed by atoms with Crippen molar-refractivity contribution in [3.63, 3.8) is 0 Å². The van der Waals surface area contributed by atoms with Gasteiger partial charge in [0, 0.05) is 6.54 Å². The van der Waals surface area contributed by atoms with E-state index in [-0.39, 0.29) is 36.2 Å². The highest BCUT2D eigenvalue weighted by Crippen LogP contribution is 2.30. The van der Waals surface area contributed by atoms with Crippen LogP contribution in [0.4, 0.5) is 8.78 Å². The zero-order valence-electron chi connectivity index (χ0n) is 18.4. The molecule has 0 saturated carbocycles. The largest absolute Gasteiger partial charge is 0.496 e. The van der Waals surface area contributed by atoms with Crippen molar-refractivity contribution in [2.75, 3.05) is 13.7 Å². The number of ether oxygens (including phenoxy) is 2. The van der Waals surface area contributed by atoms with Crippen molar-refractivity contribution in [3.8, 4) is 5.75 Å². The van der Waals surface area contributed by atoms with Crippen molar-refractivity contribution in [3.05, 3.63) is 70.8 Å². The molecular weight excluding hydrogens is 448 g/mol. The lowest BCUT2D eigenvalue weighted by Crippen LogP contribution is -2.31. The van der Waals surface area contributed by atoms with Gasteiger partial charge in [0.1, 0.15) is 17.2 Å². The van der Waals surface area contributed by atoms with Gasteiger partial charge in [-0.3, -0.25) is 14.6 Å². The van der Waals surface area contributed by atoms with E-state index in [1.807, 2.05) is 0 Å². The van der Waals surface area contributed by atoms with E-state index in [1.54, 1.807) is 48.5 Å². The monoisotopic (exact) mass is 473 g/mol. The molecule has 0 aliphatic carbocycles. The number of para-hydroxylation sites is 1. The summed E-state index contributed by atoms with van der Waals surface area (Å²) >= 11 is 0. The van der Waals surface area contributed by atoms with Gasteiger partial charge < -0.3 is 32.0 Å². The topological polar surface area (TPSA) is 155 Å². The predicted octanol–water partition coefficient (Wildman–Crippen LogP) is 1.52. The van der Waals surface area contributed by atoms with Crippen LogP contribution < -0.4 is 27.3 Å². The van der Waals surface area contributed by atoms with Crippen molar-refractivity contribution in [1.82, 2.24) is 5.32 Å². The Morgan fingerprint density at radius 2 is 1.82 bits per heavy atom. The van der Waals surface area contributed by atoms with Crippen LogP contribution in [0.15, 0.2) is 59.1 Å². The van der Waals surface area contributed by atoms with Crippen LogP contribution in [0.1, 0.15) is 27.9 Å². The Hall–Kier alpha value is -3.99. The summed E-state index contributed by atoms with van der Waals surface area (Å²) in [7, 11) is 1.48. The van der Waals surface area contributed by atoms with E-state index in [4.69, 9.17) is 21.9 Å². The second kappa shape index (κ2) is 10.3. The zero-order valence-corrected chi connectivity index (χ0v) is 18.4. The fourth-order valence-electron chi connectivity index (χ4n) is 3.41. The Labute approximate surface area is 194 Å². The van der Waals surface area contributed by atoms with Gasteiger partial charge in [0.25, 0.3) is 11.8 Å². The van der Waals surface area contributed by atoms with Crippen molar-refractivity contribution in [2.24, 2.45) is 22.2 Å². The molecule has 0 bridgehead atoms. The lowest BCUT2D eigenvalue weighted by molar-refractivity contribution is -0.205. The maximum atomic E-state index is 13.2. The minimum Gasteiger partial charge on any atom is -0.496 e. The summed E-state index contributed by atoms with van der Waals surface area (Å²) in [6, 6.07) is 12.5. The fraction of sp³-hybridized carbons (Fsp3) is 0.261. The first-order valence-corrected chi connectivity index (χ1v) is 10.3. The molecule has 0 aromatic heterocycles. The normalized spacial score (nSPS) is 18.2. The number of aliphatic imine (C=N–C) groups is 1. The SMILES string of the molecule is COc1ccccc1C(=O)NCc1ccc(C(N)=C(C(N)=O)C(N)=NC2COC(F)(F)C2)cc1. The zero-order chi connectivity index (χ0) is 24.9. The predicted molar refractivity (Wildman–Crippen MR) is 122 cm³/mol. The minimum absolute atomic E-state index is 0.0518. The molecule has 1 aliphatic rings. The number of primary amides is 1. The molecule has 1 heterocycles. The first kappa shape index (κ1) is 24.6. The third-order valence-corrected chi connectivity index (χ3v) is 5.12. The first-order valence-electron chi connectivity index (χ1n) is 10.3. The molecule has 3 rings (SSSR count). The molecule has 0 spiro atoms. The van der Waals surface area contributed by atoms with Gasteiger partial charge in [-0.2, -0.15) is 8.78 Å². The minimum atomic E-state index is -3.30. The number of nitrogens with zero attached hydrogens (tertiary/aromatic N) is 1. The molecule has 7 N–H and O–H groups in total. The molecule has 1 aliphatic heterocycles. The molecule has 180 valence electrons. The summed E-state index contributed by atoms with van der Waals surface area (Å²) in [4.78, 5) is 28.4. The van der Waals surface area contributed by atoms with Gasteiger partial charge in [-0.25, -0.2) is 0 Å². The number of nitrogens with one attached hydrogen (secondary N) is 1. The van der Waals surface area contributed by atoms with Gasteiger partial charge in [0.2, 0.25) is 0 Å². The van der Waals surface area contributed by atoms with E-state index in [0.717, 1.165) is 5.56 Å². The van der Waals surface area contributed by atoms with Crippen molar-refractivity contribution in [1.29, 1.82) is 0 Å². The standard InChI is InChI=1S/C23H25F2N5O4/c1-33-17-5-3-2-4-16(17)22(32)29-11-13-6-8-14(9-7-13)19(26)18(21(28)31)20(27)30-15-10-23(24,25)34-12-15/h2-9,15H,10-12,26H2,1H3,(H2,27,30)(H2,28,31)(H,29,32). The quantitative estimate of drug-likeness (QED) is 0.259. The number of rotatable bonds is 8. The Kier molecular flexibility index (Phi) is 7.47. The smallest absolute Gasteiger partial charge is 0.357 e. The molecule has 2 amide bonds. The van der Waals surface area contributed by atoms with Gasteiger partial charge in [-0.1, -0.05) is 36.4 Å². The highest BCUT2D eigenvalue weighted by molar-refractivity contribution is 6.24. The average molecular weight is 473 g/mol. The van der Waals surface area contributed by atoms with E-state index in [0.29, 0.717) is 16.9 Å². The molecule has 2 aromatic carbocycles. The molecule has 34 heavy (non-hydrogen) atoms. The second-order valence-corrected chi connectivity index (χ2v) is 7.55. The van der Waals surface area contributed by atoms with Crippen LogP contribution in [0, 0.1) is 0 Å². The number of alkyl halides is 2. The molecule has 2 aromatic rings. The maximum Gasteiger partial charge on any atom is 0.357 e. The number of carbonyl (C=O) groups excluding carboxylic acids is 2. The van der Waals surface area contributed by atoms with E-state index >= 15 is 0 Å². The Bertz CT molecular complexity index is 1130. The second-order valence-electron chi connectivity index (χ2n) is 7.55. The molecule has 1 atom stereocenters. The Morgan fingerprint density at radius 3 is 2.41 bits per heavy atom. The first-order chi connectivity index (χ1) is 16.1. The third kappa shape index (κ3) is 5.87. The molecular formula is C23H25F2N5O4. The summed E-state index contributed by atoms with van der Waals surface area (Å²) in [5.41, 5.74) is 18.6. The van der Waals surface area contributed by atoms with Gasteiger partial charge in [-0.05, 0) is 23.3 Å². The van der Waals surface area contributed by atoms with E-state index < -0.39 is 24.5 Å². The van der Waals surface area contributed by atoms with E-state index in [9.17, 15) is 18.4 Å². The number of halogens is 2. The lowest BCUT2D eigenvalue weighted by Gasteiger charge is -2.12. The summed E-state index contributed by atoms with van der Waals surface area (Å²) in [6.07, 6.45) is -3.96. The summed E-state index contributed by atoms with van der Waals surface area (Å²) in [5, 5.41) is 2.80.